The largest absolute Gasteiger partial charge is 0.307 e. The van der Waals surface area contributed by atoms with E-state index in [1.807, 2.05) is 18.2 Å². The average Bonchev–Trinajstić information content (AvgIpc) is 3.76. The van der Waals surface area contributed by atoms with Crippen LogP contribution in [0.5, 0.6) is 0 Å². The maximum absolute atomic E-state index is 9.67. The monoisotopic (exact) mass is 577 g/mol. The van der Waals surface area contributed by atoms with Crippen LogP contribution in [0.15, 0.2) is 169 Å². The summed E-state index contributed by atoms with van der Waals surface area (Å²) in [5, 5.41) is 2.43. The van der Waals surface area contributed by atoms with Crippen molar-refractivity contribution in [2.45, 2.75) is 0 Å². The van der Waals surface area contributed by atoms with E-state index in [2.05, 4.69) is 0 Å². The van der Waals surface area contributed by atoms with E-state index >= 15 is 0 Å². The molecule has 0 N–H and O–H groups in total. The third-order valence-corrected chi connectivity index (χ3v) is 7.70. The van der Waals surface area contributed by atoms with Gasteiger partial charge >= 0.3 is 0 Å². The number of para-hydroxylation sites is 2. The number of hydrogen-bond acceptors (Lipinski definition) is 0. The standard InChI is InChI=1S/C42H28N2/c1-3-13-29(14-4-1)31-17-11-19-33(27-31)43-39-23-9-7-21-35(39)37-25-26-38-36-22-8-10-24-40(36)44(42(38)41(37)43)34-20-12-18-32(28-34)30-15-5-2-6-16-30/h1-28H/i1D,2D,3D,4D,5D,6D,11D,12D,13D,14D,15D,16D,17D,18D,19D,27D,28D. The zero-order valence-electron chi connectivity index (χ0n) is 39.7. The highest BCUT2D eigenvalue weighted by atomic mass is 15.0. The molecule has 0 aliphatic rings. The van der Waals surface area contributed by atoms with Gasteiger partial charge in [-0.1, -0.05) is 133 Å². The lowest BCUT2D eigenvalue weighted by Crippen LogP contribution is -1.99. The van der Waals surface area contributed by atoms with Gasteiger partial charge < -0.3 is 9.13 Å². The van der Waals surface area contributed by atoms with Crippen molar-refractivity contribution in [3.63, 3.8) is 0 Å². The van der Waals surface area contributed by atoms with E-state index in [1.165, 1.54) is 6.07 Å². The lowest BCUT2D eigenvalue weighted by molar-refractivity contribution is 1.15. The van der Waals surface area contributed by atoms with Crippen LogP contribution in [0.4, 0.5) is 0 Å². The molecule has 0 bridgehead atoms. The number of rotatable bonds is 4. The van der Waals surface area contributed by atoms with Crippen molar-refractivity contribution in [2.75, 3.05) is 0 Å². The molecule has 44 heavy (non-hydrogen) atoms. The fourth-order valence-corrected chi connectivity index (χ4v) is 5.92. The molecule has 0 amide bonds. The SMILES string of the molecule is [2H]c1cc(-n2c3ccccc3c3ccc4c5ccccc5n(-c5c([2H])c([2H])c([2H])c(-c6c([2H])c([2H])c([2H])c([2H])c6[2H])c5[2H])c4c32)c([2H])c(-c2c([2H])c([2H])c([2H])c([2H])c2[2H])c1[2H]. The number of nitrogens with zero attached hydrogens (tertiary/aromatic N) is 2. The summed E-state index contributed by atoms with van der Waals surface area (Å²) in [4.78, 5) is 0. The smallest absolute Gasteiger partial charge is 0.0788 e. The Morgan fingerprint density at radius 1 is 0.364 bits per heavy atom. The van der Waals surface area contributed by atoms with Crippen molar-refractivity contribution in [2.24, 2.45) is 0 Å². The zero-order valence-corrected chi connectivity index (χ0v) is 22.7. The van der Waals surface area contributed by atoms with E-state index in [-0.39, 0.29) is 16.9 Å². The third kappa shape index (κ3) is 3.75. The lowest BCUT2D eigenvalue weighted by atomic mass is 10.0. The molecule has 9 rings (SSSR count). The molecule has 2 heteroatoms. The summed E-state index contributed by atoms with van der Waals surface area (Å²) >= 11 is 0. The highest BCUT2D eigenvalue weighted by Crippen LogP contribution is 2.42. The van der Waals surface area contributed by atoms with Crippen molar-refractivity contribution in [1.82, 2.24) is 9.13 Å². The van der Waals surface area contributed by atoms with Gasteiger partial charge in [0.25, 0.3) is 0 Å². The Morgan fingerprint density at radius 3 is 1.43 bits per heavy atom. The summed E-state index contributed by atoms with van der Waals surface area (Å²) in [6.07, 6.45) is 0. The fraction of sp³-hybridized carbons (Fsp3) is 0. The fourth-order valence-electron chi connectivity index (χ4n) is 5.92. The van der Waals surface area contributed by atoms with Gasteiger partial charge in [0.1, 0.15) is 0 Å². The molecule has 2 heterocycles. The first-order chi connectivity index (χ1) is 28.9. The van der Waals surface area contributed by atoms with Gasteiger partial charge in [-0.25, -0.2) is 0 Å². The van der Waals surface area contributed by atoms with Crippen molar-refractivity contribution >= 4 is 43.6 Å². The van der Waals surface area contributed by atoms with Gasteiger partial charge in [0.15, 0.2) is 0 Å². The quantitative estimate of drug-likeness (QED) is 0.197. The van der Waals surface area contributed by atoms with E-state index < -0.39 is 119 Å². The van der Waals surface area contributed by atoms with Crippen LogP contribution in [-0.4, -0.2) is 9.13 Å². The molecule has 0 radical (unpaired) electrons. The van der Waals surface area contributed by atoms with Crippen LogP contribution in [0.1, 0.15) is 23.3 Å². The molecule has 9 aromatic rings. The molecule has 0 saturated carbocycles. The van der Waals surface area contributed by atoms with Gasteiger partial charge in [0, 0.05) is 32.9 Å². The second kappa shape index (κ2) is 9.86. The third-order valence-electron chi connectivity index (χ3n) is 7.70. The average molecular weight is 578 g/mol. The Kier molecular flexibility index (Phi) is 2.96. The van der Waals surface area contributed by atoms with Crippen LogP contribution < -0.4 is 0 Å². The van der Waals surface area contributed by atoms with E-state index in [0.717, 1.165) is 0 Å². The molecular weight excluding hydrogens is 532 g/mol. The van der Waals surface area contributed by atoms with Crippen LogP contribution in [0.2, 0.25) is 0 Å². The van der Waals surface area contributed by atoms with Crippen LogP contribution >= 0.6 is 0 Å². The summed E-state index contributed by atoms with van der Waals surface area (Å²) in [6.45, 7) is 0. The Labute approximate surface area is 279 Å². The highest BCUT2D eigenvalue weighted by Gasteiger charge is 2.21. The van der Waals surface area contributed by atoms with Crippen molar-refractivity contribution in [3.05, 3.63) is 169 Å². The number of aromatic nitrogens is 2. The number of benzene rings is 7. The van der Waals surface area contributed by atoms with Gasteiger partial charge in [0.2, 0.25) is 0 Å². The molecule has 0 saturated heterocycles. The lowest BCUT2D eigenvalue weighted by Gasteiger charge is -2.14. The van der Waals surface area contributed by atoms with Crippen molar-refractivity contribution < 1.29 is 23.3 Å². The summed E-state index contributed by atoms with van der Waals surface area (Å²) in [5.41, 5.74) is -0.350. The summed E-state index contributed by atoms with van der Waals surface area (Å²) in [5.74, 6) is 0. The van der Waals surface area contributed by atoms with E-state index in [1.54, 1.807) is 51.6 Å². The van der Waals surface area contributed by atoms with Crippen molar-refractivity contribution in [1.29, 1.82) is 0 Å². The second-order valence-electron chi connectivity index (χ2n) is 10.1. The maximum Gasteiger partial charge on any atom is 0.0788 e. The number of hydrogen-bond donors (Lipinski definition) is 0. The first kappa shape index (κ1) is 13.2. The van der Waals surface area contributed by atoms with Crippen molar-refractivity contribution in [3.8, 4) is 33.6 Å². The molecule has 0 aliphatic carbocycles. The van der Waals surface area contributed by atoms with E-state index in [4.69, 9.17) is 19.2 Å². The molecule has 2 aromatic heterocycles. The maximum atomic E-state index is 9.67. The molecule has 206 valence electrons. The Balaban J connectivity index is 1.50. The molecule has 0 atom stereocenters. The normalized spacial score (nSPS) is 17.0. The minimum absolute atomic E-state index is 0.00184. The first-order valence-corrected chi connectivity index (χ1v) is 13.7. The summed E-state index contributed by atoms with van der Waals surface area (Å²) in [7, 11) is 0. The van der Waals surface area contributed by atoms with E-state index in [0.29, 0.717) is 43.6 Å². The van der Waals surface area contributed by atoms with Gasteiger partial charge in [-0.05, 0) is 58.6 Å². The van der Waals surface area contributed by atoms with Crippen LogP contribution in [0.3, 0.4) is 0 Å². The van der Waals surface area contributed by atoms with Gasteiger partial charge in [0.05, 0.1) is 45.4 Å². The molecule has 0 aliphatic heterocycles. The molecular formula is C42H28N2. The van der Waals surface area contributed by atoms with E-state index in [9.17, 15) is 4.11 Å². The summed E-state index contributed by atoms with van der Waals surface area (Å²) < 4.78 is 152. The minimum atomic E-state index is -0.706. The van der Waals surface area contributed by atoms with Crippen LogP contribution in [0.25, 0.3) is 77.2 Å². The summed E-state index contributed by atoms with van der Waals surface area (Å²) in [6, 6.07) is 8.44. The van der Waals surface area contributed by atoms with Crippen LogP contribution in [0, 0.1) is 0 Å². The molecule has 0 unspecified atom stereocenters. The topological polar surface area (TPSA) is 9.86 Å². The predicted octanol–water partition coefficient (Wildman–Crippen LogP) is 11.2. The number of fused-ring (bicyclic) bond motifs is 7. The Morgan fingerprint density at radius 2 is 0.841 bits per heavy atom. The molecule has 7 aromatic carbocycles. The second-order valence-corrected chi connectivity index (χ2v) is 10.1. The molecule has 0 spiro atoms. The Hall–Kier alpha value is -5.86. The van der Waals surface area contributed by atoms with Gasteiger partial charge in [-0.15, -0.1) is 0 Å². The van der Waals surface area contributed by atoms with Crippen LogP contribution in [-0.2, 0) is 0 Å². The first-order valence-electron chi connectivity index (χ1n) is 22.2. The minimum Gasteiger partial charge on any atom is -0.307 e. The van der Waals surface area contributed by atoms with Gasteiger partial charge in [-0.3, -0.25) is 0 Å². The zero-order chi connectivity index (χ0) is 43.8. The molecule has 2 nitrogen and oxygen atoms in total. The molecule has 0 fully saturated rings. The van der Waals surface area contributed by atoms with Gasteiger partial charge in [-0.2, -0.15) is 0 Å². The highest BCUT2D eigenvalue weighted by molar-refractivity contribution is 6.23. The predicted molar refractivity (Wildman–Crippen MR) is 186 cm³/mol. The Bertz CT molecular complexity index is 3400.